The molecule has 1 aliphatic heterocycles. The predicted molar refractivity (Wildman–Crippen MR) is 59.4 cm³/mol. The van der Waals surface area contributed by atoms with E-state index in [0.29, 0.717) is 5.82 Å². The van der Waals surface area contributed by atoms with Gasteiger partial charge >= 0.3 is 5.82 Å². The Morgan fingerprint density at radius 3 is 3.19 bits per heavy atom. The molecular weight excluding hydrogens is 210 g/mol. The molecule has 7 nitrogen and oxygen atoms in total. The van der Waals surface area contributed by atoms with Crippen molar-refractivity contribution in [3.63, 3.8) is 0 Å². The summed E-state index contributed by atoms with van der Waals surface area (Å²) in [6, 6.07) is 0.239. The first-order valence-corrected chi connectivity index (χ1v) is 5.31. The minimum Gasteiger partial charge on any atom is -0.360 e. The van der Waals surface area contributed by atoms with Gasteiger partial charge in [0.25, 0.3) is 0 Å². The molecule has 1 fully saturated rings. The van der Waals surface area contributed by atoms with E-state index in [4.69, 9.17) is 0 Å². The lowest BCUT2D eigenvalue weighted by Crippen LogP contribution is -2.38. The topological polar surface area (TPSA) is 85.0 Å². The number of anilines is 1. The molecule has 0 spiro atoms. The summed E-state index contributed by atoms with van der Waals surface area (Å²) in [5.41, 5.74) is 0. The second-order valence-corrected chi connectivity index (χ2v) is 3.97. The highest BCUT2D eigenvalue weighted by Crippen LogP contribution is 2.22. The van der Waals surface area contributed by atoms with Crippen LogP contribution in [0.3, 0.4) is 0 Å². The van der Waals surface area contributed by atoms with Crippen LogP contribution in [0.1, 0.15) is 12.8 Å². The lowest BCUT2D eigenvalue weighted by molar-refractivity contribution is -0.388. The van der Waals surface area contributed by atoms with Crippen molar-refractivity contribution >= 4 is 11.6 Å². The van der Waals surface area contributed by atoms with Gasteiger partial charge in [-0.2, -0.15) is 0 Å². The molecule has 1 saturated heterocycles. The molecule has 0 aromatic carbocycles. The smallest absolute Gasteiger partial charge is 0.360 e. The van der Waals surface area contributed by atoms with Crippen LogP contribution in [0.4, 0.5) is 11.6 Å². The molecule has 1 unspecified atom stereocenters. The first-order valence-electron chi connectivity index (χ1n) is 5.31. The van der Waals surface area contributed by atoms with Crippen molar-refractivity contribution in [2.75, 3.05) is 18.4 Å². The molecule has 0 bridgehead atoms. The zero-order chi connectivity index (χ0) is 11.5. The van der Waals surface area contributed by atoms with Gasteiger partial charge in [-0.3, -0.25) is 4.57 Å². The summed E-state index contributed by atoms with van der Waals surface area (Å²) in [4.78, 5) is 14.1. The molecule has 2 rings (SSSR count). The highest BCUT2D eigenvalue weighted by Gasteiger charge is 2.23. The number of aryl methyl sites for hydroxylation is 1. The van der Waals surface area contributed by atoms with Crippen LogP contribution in [-0.4, -0.2) is 33.6 Å². The first-order chi connectivity index (χ1) is 7.68. The fourth-order valence-electron chi connectivity index (χ4n) is 1.89. The standard InChI is InChI=1S/C9H15N5O2/c1-13-6-11-8(14(15)16)9(13)12-7-3-2-4-10-5-7/h6-7,10,12H,2-5H2,1H3. The molecule has 1 aromatic heterocycles. The van der Waals surface area contributed by atoms with Crippen LogP contribution < -0.4 is 10.6 Å². The molecule has 2 heterocycles. The highest BCUT2D eigenvalue weighted by molar-refractivity contribution is 5.52. The van der Waals surface area contributed by atoms with Gasteiger partial charge in [0.2, 0.25) is 12.1 Å². The van der Waals surface area contributed by atoms with Gasteiger partial charge in [-0.25, -0.2) is 0 Å². The van der Waals surface area contributed by atoms with Gasteiger partial charge in [0.05, 0.1) is 0 Å². The summed E-state index contributed by atoms with van der Waals surface area (Å²) in [5, 5.41) is 17.2. The Morgan fingerprint density at radius 1 is 1.75 bits per heavy atom. The molecule has 0 radical (unpaired) electrons. The third-order valence-electron chi connectivity index (χ3n) is 2.73. The number of nitrogens with zero attached hydrogens (tertiary/aromatic N) is 3. The minimum atomic E-state index is -0.460. The van der Waals surface area contributed by atoms with E-state index in [2.05, 4.69) is 15.6 Å². The second-order valence-electron chi connectivity index (χ2n) is 3.97. The minimum absolute atomic E-state index is 0.104. The Morgan fingerprint density at radius 2 is 2.56 bits per heavy atom. The fourth-order valence-corrected chi connectivity index (χ4v) is 1.89. The maximum absolute atomic E-state index is 10.8. The van der Waals surface area contributed by atoms with Crippen LogP contribution in [-0.2, 0) is 7.05 Å². The SMILES string of the molecule is Cn1cnc([N+](=O)[O-])c1NC1CCCNC1. The Balaban J connectivity index is 2.12. The van der Waals surface area contributed by atoms with E-state index in [1.807, 2.05) is 0 Å². The summed E-state index contributed by atoms with van der Waals surface area (Å²) in [6.45, 7) is 1.86. The summed E-state index contributed by atoms with van der Waals surface area (Å²) < 4.78 is 1.65. The summed E-state index contributed by atoms with van der Waals surface area (Å²) >= 11 is 0. The van der Waals surface area contributed by atoms with E-state index < -0.39 is 4.92 Å². The zero-order valence-electron chi connectivity index (χ0n) is 9.14. The number of hydrogen-bond donors (Lipinski definition) is 2. The Labute approximate surface area is 93.0 Å². The molecule has 0 aliphatic carbocycles. The number of aromatic nitrogens is 2. The number of piperidine rings is 1. The van der Waals surface area contributed by atoms with Crippen molar-refractivity contribution in [3.8, 4) is 0 Å². The van der Waals surface area contributed by atoms with Gasteiger partial charge in [0, 0.05) is 19.6 Å². The highest BCUT2D eigenvalue weighted by atomic mass is 16.6. The van der Waals surface area contributed by atoms with Crippen molar-refractivity contribution in [2.24, 2.45) is 7.05 Å². The zero-order valence-corrected chi connectivity index (χ0v) is 9.14. The molecule has 7 heteroatoms. The van der Waals surface area contributed by atoms with E-state index >= 15 is 0 Å². The molecule has 0 saturated carbocycles. The maximum Gasteiger partial charge on any atom is 0.406 e. The van der Waals surface area contributed by atoms with Crippen molar-refractivity contribution in [2.45, 2.75) is 18.9 Å². The maximum atomic E-state index is 10.8. The van der Waals surface area contributed by atoms with Gasteiger partial charge in [0.15, 0.2) is 0 Å². The van der Waals surface area contributed by atoms with E-state index in [9.17, 15) is 10.1 Å². The molecule has 88 valence electrons. The molecule has 0 amide bonds. The van der Waals surface area contributed by atoms with Crippen molar-refractivity contribution < 1.29 is 4.92 Å². The third-order valence-corrected chi connectivity index (χ3v) is 2.73. The van der Waals surface area contributed by atoms with Crippen LogP contribution >= 0.6 is 0 Å². The molecule has 2 N–H and O–H groups in total. The monoisotopic (exact) mass is 225 g/mol. The fraction of sp³-hybridized carbons (Fsp3) is 0.667. The normalized spacial score (nSPS) is 20.7. The molecular formula is C9H15N5O2. The largest absolute Gasteiger partial charge is 0.406 e. The van der Waals surface area contributed by atoms with E-state index in [0.717, 1.165) is 25.9 Å². The van der Waals surface area contributed by atoms with Crippen molar-refractivity contribution in [1.82, 2.24) is 14.9 Å². The lowest BCUT2D eigenvalue weighted by atomic mass is 10.1. The van der Waals surface area contributed by atoms with Gasteiger partial charge in [-0.05, 0) is 29.3 Å². The van der Waals surface area contributed by atoms with Crippen molar-refractivity contribution in [3.05, 3.63) is 16.4 Å². The van der Waals surface area contributed by atoms with Crippen LogP contribution in [0.15, 0.2) is 6.33 Å². The lowest BCUT2D eigenvalue weighted by Gasteiger charge is -2.24. The van der Waals surface area contributed by atoms with Crippen LogP contribution in [0.25, 0.3) is 0 Å². The number of hydrogen-bond acceptors (Lipinski definition) is 5. The number of rotatable bonds is 3. The van der Waals surface area contributed by atoms with E-state index in [1.54, 1.807) is 11.6 Å². The average molecular weight is 225 g/mol. The number of imidazole rings is 1. The Kier molecular flexibility index (Phi) is 3.04. The van der Waals surface area contributed by atoms with Gasteiger partial charge in [-0.1, -0.05) is 0 Å². The summed E-state index contributed by atoms with van der Waals surface area (Å²) in [5.74, 6) is 0.381. The molecule has 1 aromatic rings. The van der Waals surface area contributed by atoms with Crippen LogP contribution in [0, 0.1) is 10.1 Å². The van der Waals surface area contributed by atoms with Crippen LogP contribution in [0.5, 0.6) is 0 Å². The second kappa shape index (κ2) is 4.48. The Bertz CT molecular complexity index is 383. The Hall–Kier alpha value is -1.63. The van der Waals surface area contributed by atoms with E-state index in [1.165, 1.54) is 6.33 Å². The van der Waals surface area contributed by atoms with Gasteiger partial charge in [0.1, 0.15) is 0 Å². The first kappa shape index (κ1) is 10.9. The number of nitrogens with one attached hydrogen (secondary N) is 2. The summed E-state index contributed by atoms with van der Waals surface area (Å²) in [7, 11) is 1.75. The van der Waals surface area contributed by atoms with Crippen molar-refractivity contribution in [1.29, 1.82) is 0 Å². The van der Waals surface area contributed by atoms with E-state index in [-0.39, 0.29) is 11.9 Å². The van der Waals surface area contributed by atoms with Gasteiger partial charge < -0.3 is 20.7 Å². The molecule has 1 atom stereocenters. The summed E-state index contributed by atoms with van der Waals surface area (Å²) in [6.07, 6.45) is 3.56. The average Bonchev–Trinajstić information content (AvgIpc) is 2.62. The predicted octanol–water partition coefficient (Wildman–Crippen LogP) is 0.492. The third kappa shape index (κ3) is 2.13. The number of nitro groups is 1. The van der Waals surface area contributed by atoms with Crippen LogP contribution in [0.2, 0.25) is 0 Å². The molecule has 16 heavy (non-hydrogen) atoms. The quantitative estimate of drug-likeness (QED) is 0.577. The van der Waals surface area contributed by atoms with Gasteiger partial charge in [-0.15, -0.1) is 0 Å². The molecule has 1 aliphatic rings.